The smallest absolute Gasteiger partial charge is 0.0736 e. The van der Waals surface area contributed by atoms with Gasteiger partial charge in [-0.3, -0.25) is 0 Å². The average molecular weight is 604 g/mol. The summed E-state index contributed by atoms with van der Waals surface area (Å²) in [5.41, 5.74) is 16.1. The van der Waals surface area contributed by atoms with Crippen molar-refractivity contribution in [1.82, 2.24) is 15.0 Å². The van der Waals surface area contributed by atoms with Crippen LogP contribution in [0.5, 0.6) is 0 Å². The first-order chi connectivity index (χ1) is 22.9. The highest BCUT2D eigenvalue weighted by atomic mass is 14.8. The second kappa shape index (κ2) is 10.4. The maximum Gasteiger partial charge on any atom is 0.0736 e. The summed E-state index contributed by atoms with van der Waals surface area (Å²) in [4.78, 5) is 14.7. The molecular weight excluding hydrogens is 571 g/mol. The number of aromatic amines is 1. The van der Waals surface area contributed by atoms with E-state index in [1.807, 2.05) is 0 Å². The standard InChI is InChI=1S/C44H33N3/c1-44(2,3)33-21-31-20-32(22-33)39-24-30(28-14-8-5-9-15-28)26-41(46-39)37-19-11-17-35-34-16-10-18-36(42(34)47-43(35)37)40-25-29(23-38(31)45-40)27-12-6-4-7-13-27/h4-26,47H,1-3H3. The second-order valence-corrected chi connectivity index (χ2v) is 13.6. The Labute approximate surface area is 274 Å². The Bertz CT molecular complexity index is 2320. The van der Waals surface area contributed by atoms with Gasteiger partial charge in [-0.1, -0.05) is 118 Å². The van der Waals surface area contributed by atoms with Crippen LogP contribution in [0, 0.1) is 0 Å². The number of hydrogen-bond donors (Lipinski definition) is 1. The van der Waals surface area contributed by atoms with Crippen LogP contribution in [0.25, 0.3) is 89.1 Å². The number of hydrogen-bond acceptors (Lipinski definition) is 2. The van der Waals surface area contributed by atoms with E-state index in [1.165, 1.54) is 27.5 Å². The minimum absolute atomic E-state index is 0.0776. The van der Waals surface area contributed by atoms with Gasteiger partial charge in [-0.15, -0.1) is 0 Å². The number of rotatable bonds is 2. The van der Waals surface area contributed by atoms with Crippen molar-refractivity contribution in [2.75, 3.05) is 0 Å². The molecule has 47 heavy (non-hydrogen) atoms. The monoisotopic (exact) mass is 603 g/mol. The SMILES string of the molecule is CC(C)(C)c1cc2cc(c1)-c1cc(-c3ccccc3)cc(n1)-c1cccc3c1[nH]c1c(cccc13)-c1cc(-c3ccccc3)cc-2n1. The maximum atomic E-state index is 5.41. The number of H-pyrrole nitrogens is 1. The van der Waals surface area contributed by atoms with E-state index in [0.29, 0.717) is 0 Å². The molecule has 0 saturated heterocycles. The molecule has 3 nitrogen and oxygen atoms in total. The van der Waals surface area contributed by atoms with Crippen LogP contribution < -0.4 is 0 Å². The van der Waals surface area contributed by atoms with Gasteiger partial charge in [0.15, 0.2) is 0 Å². The van der Waals surface area contributed by atoms with E-state index in [2.05, 4.69) is 165 Å². The zero-order valence-corrected chi connectivity index (χ0v) is 26.7. The lowest BCUT2D eigenvalue weighted by Crippen LogP contribution is -2.11. The molecule has 0 atom stereocenters. The van der Waals surface area contributed by atoms with Crippen molar-refractivity contribution in [2.45, 2.75) is 26.2 Å². The van der Waals surface area contributed by atoms with E-state index in [4.69, 9.17) is 9.97 Å². The molecule has 5 aromatic carbocycles. The highest BCUT2D eigenvalue weighted by Crippen LogP contribution is 2.41. The number of para-hydroxylation sites is 2. The predicted molar refractivity (Wildman–Crippen MR) is 196 cm³/mol. The number of benzene rings is 5. The molecule has 0 aliphatic carbocycles. The fourth-order valence-electron chi connectivity index (χ4n) is 6.96. The first-order valence-electron chi connectivity index (χ1n) is 16.2. The molecule has 1 aliphatic rings. The topological polar surface area (TPSA) is 41.6 Å². The summed E-state index contributed by atoms with van der Waals surface area (Å²) in [6.07, 6.45) is 0. The van der Waals surface area contributed by atoms with Crippen molar-refractivity contribution in [2.24, 2.45) is 0 Å². The molecule has 0 spiro atoms. The molecule has 0 radical (unpaired) electrons. The van der Waals surface area contributed by atoms with Crippen LogP contribution >= 0.6 is 0 Å². The van der Waals surface area contributed by atoms with Crippen molar-refractivity contribution >= 4 is 21.8 Å². The minimum atomic E-state index is -0.0776. The van der Waals surface area contributed by atoms with Gasteiger partial charge < -0.3 is 4.98 Å². The quantitative estimate of drug-likeness (QED) is 0.214. The number of nitrogens with one attached hydrogen (secondary N) is 1. The molecule has 1 N–H and O–H groups in total. The summed E-state index contributed by atoms with van der Waals surface area (Å²) in [6, 6.07) is 50.2. The van der Waals surface area contributed by atoms with Gasteiger partial charge in [-0.25, -0.2) is 9.97 Å². The van der Waals surface area contributed by atoms with E-state index in [-0.39, 0.29) is 5.41 Å². The molecule has 0 amide bonds. The zero-order valence-electron chi connectivity index (χ0n) is 26.7. The largest absolute Gasteiger partial charge is 0.353 e. The second-order valence-electron chi connectivity index (χ2n) is 13.6. The fraction of sp³-hybridized carbons (Fsp3) is 0.0909. The van der Waals surface area contributed by atoms with Crippen molar-refractivity contribution in [3.63, 3.8) is 0 Å². The summed E-state index contributed by atoms with van der Waals surface area (Å²) >= 11 is 0. The van der Waals surface area contributed by atoms with Crippen molar-refractivity contribution in [3.05, 3.63) is 145 Å². The van der Waals surface area contributed by atoms with Gasteiger partial charge in [0.25, 0.3) is 0 Å². The third-order valence-corrected chi connectivity index (χ3v) is 9.48. The molecule has 4 heterocycles. The minimum Gasteiger partial charge on any atom is -0.353 e. The normalized spacial score (nSPS) is 12.1. The molecule has 8 bridgehead atoms. The lowest BCUT2D eigenvalue weighted by atomic mass is 9.84. The van der Waals surface area contributed by atoms with Crippen LogP contribution in [-0.4, -0.2) is 15.0 Å². The van der Waals surface area contributed by atoms with Crippen molar-refractivity contribution in [3.8, 4) is 67.3 Å². The molecule has 0 saturated carbocycles. The van der Waals surface area contributed by atoms with Crippen molar-refractivity contribution < 1.29 is 0 Å². The van der Waals surface area contributed by atoms with E-state index >= 15 is 0 Å². The van der Waals surface area contributed by atoms with Crippen LogP contribution in [0.15, 0.2) is 140 Å². The molecule has 224 valence electrons. The molecule has 3 aromatic heterocycles. The molecule has 3 heteroatoms. The Kier molecular flexibility index (Phi) is 6.07. The average Bonchev–Trinajstić information content (AvgIpc) is 3.50. The Morgan fingerprint density at radius 1 is 0.404 bits per heavy atom. The van der Waals surface area contributed by atoms with E-state index in [1.54, 1.807) is 0 Å². The van der Waals surface area contributed by atoms with Gasteiger partial charge in [-0.2, -0.15) is 0 Å². The maximum absolute atomic E-state index is 5.41. The summed E-state index contributed by atoms with van der Waals surface area (Å²) < 4.78 is 0. The summed E-state index contributed by atoms with van der Waals surface area (Å²) in [6.45, 7) is 6.82. The summed E-state index contributed by atoms with van der Waals surface area (Å²) in [7, 11) is 0. The van der Waals surface area contributed by atoms with Crippen LogP contribution in [0.3, 0.4) is 0 Å². The summed E-state index contributed by atoms with van der Waals surface area (Å²) in [5, 5.41) is 2.36. The van der Waals surface area contributed by atoms with Gasteiger partial charge in [-0.05, 0) is 75.7 Å². The molecule has 8 aromatic rings. The third-order valence-electron chi connectivity index (χ3n) is 9.48. The van der Waals surface area contributed by atoms with Crippen LogP contribution in [0.4, 0.5) is 0 Å². The number of aromatic nitrogens is 3. The Morgan fingerprint density at radius 3 is 1.30 bits per heavy atom. The predicted octanol–water partition coefficient (Wildman–Crippen LogP) is 11.7. The lowest BCUT2D eigenvalue weighted by molar-refractivity contribution is 0.590. The van der Waals surface area contributed by atoms with Crippen LogP contribution in [0.1, 0.15) is 26.3 Å². The van der Waals surface area contributed by atoms with Crippen LogP contribution in [-0.2, 0) is 5.41 Å². The van der Waals surface area contributed by atoms with Gasteiger partial charge in [0.2, 0.25) is 0 Å². The molecule has 1 aliphatic heterocycles. The molecule has 0 unspecified atom stereocenters. The van der Waals surface area contributed by atoms with E-state index < -0.39 is 0 Å². The number of fused-ring (bicyclic) bond motifs is 11. The highest BCUT2D eigenvalue weighted by Gasteiger charge is 2.21. The fourth-order valence-corrected chi connectivity index (χ4v) is 6.96. The lowest BCUT2D eigenvalue weighted by Gasteiger charge is -2.22. The van der Waals surface area contributed by atoms with Crippen molar-refractivity contribution in [1.29, 1.82) is 0 Å². The Hall–Kier alpha value is -5.80. The van der Waals surface area contributed by atoms with Crippen LogP contribution in [0.2, 0.25) is 0 Å². The molecular formula is C44H33N3. The molecule has 9 rings (SSSR count). The number of pyridine rings is 2. The zero-order chi connectivity index (χ0) is 31.7. The van der Waals surface area contributed by atoms with E-state index in [0.717, 1.165) is 67.2 Å². The first-order valence-corrected chi connectivity index (χ1v) is 16.2. The first kappa shape index (κ1) is 27.5. The van der Waals surface area contributed by atoms with Gasteiger partial charge >= 0.3 is 0 Å². The summed E-state index contributed by atoms with van der Waals surface area (Å²) in [5.74, 6) is 0. The van der Waals surface area contributed by atoms with Gasteiger partial charge in [0.1, 0.15) is 0 Å². The third kappa shape index (κ3) is 4.66. The Morgan fingerprint density at radius 2 is 0.851 bits per heavy atom. The highest BCUT2D eigenvalue weighted by molar-refractivity contribution is 6.15. The number of nitrogens with zero attached hydrogens (tertiary/aromatic N) is 2. The molecule has 0 fully saturated rings. The van der Waals surface area contributed by atoms with Gasteiger partial charge in [0.05, 0.1) is 33.8 Å². The van der Waals surface area contributed by atoms with Gasteiger partial charge in [0, 0.05) is 33.0 Å². The Balaban J connectivity index is 1.45. The van der Waals surface area contributed by atoms with E-state index in [9.17, 15) is 0 Å².